The minimum absolute atomic E-state index is 0.545. The highest BCUT2D eigenvalue weighted by molar-refractivity contribution is 4.87. The Morgan fingerprint density at radius 2 is 0.947 bits per heavy atom. The fourth-order valence-electron chi connectivity index (χ4n) is 8.80. The summed E-state index contributed by atoms with van der Waals surface area (Å²) in [5.74, 6) is 3.66. The quantitative estimate of drug-likeness (QED) is 0.145. The van der Waals surface area contributed by atoms with E-state index in [4.69, 9.17) is 0 Å². The average molecular weight is 535 g/mol. The van der Waals surface area contributed by atoms with E-state index in [9.17, 15) is 0 Å². The van der Waals surface area contributed by atoms with E-state index in [-0.39, 0.29) is 0 Å². The Balaban J connectivity index is 1.66. The number of unbranched alkanes of at least 4 members (excludes halogenated alkanes) is 3. The van der Waals surface area contributed by atoms with Gasteiger partial charge in [0, 0.05) is 0 Å². The van der Waals surface area contributed by atoms with Gasteiger partial charge in [-0.25, -0.2) is 0 Å². The summed E-state index contributed by atoms with van der Waals surface area (Å²) in [5.41, 5.74) is 1.09. The molecule has 0 spiro atoms. The predicted molar refractivity (Wildman–Crippen MR) is 170 cm³/mol. The van der Waals surface area contributed by atoms with Crippen molar-refractivity contribution in [3.05, 3.63) is 0 Å². The molecule has 2 fully saturated rings. The van der Waals surface area contributed by atoms with Gasteiger partial charge < -0.3 is 8.97 Å². The number of hydrogen-bond acceptors (Lipinski definition) is 0. The molecule has 6 unspecified atom stereocenters. The van der Waals surface area contributed by atoms with Crippen LogP contribution >= 0.6 is 0 Å². The first-order valence-electron chi connectivity index (χ1n) is 17.1. The third kappa shape index (κ3) is 9.78. The Labute approximate surface area is 241 Å². The molecule has 0 N–H and O–H groups in total. The van der Waals surface area contributed by atoms with Gasteiger partial charge in [-0.1, -0.05) is 67.2 Å². The molecule has 0 aromatic rings. The van der Waals surface area contributed by atoms with Gasteiger partial charge in [0.1, 0.15) is 0 Å². The van der Waals surface area contributed by atoms with Gasteiger partial charge in [-0.2, -0.15) is 0 Å². The van der Waals surface area contributed by atoms with Gasteiger partial charge in [-0.15, -0.1) is 0 Å². The van der Waals surface area contributed by atoms with E-state index in [0.29, 0.717) is 10.8 Å². The number of quaternary nitrogens is 2. The highest BCUT2D eigenvalue weighted by Crippen LogP contribution is 2.47. The number of nitrogens with zero attached hydrogens (tertiary/aromatic N) is 2. The monoisotopic (exact) mass is 535 g/mol. The molecule has 38 heavy (non-hydrogen) atoms. The molecule has 0 saturated heterocycles. The summed E-state index contributed by atoms with van der Waals surface area (Å²) in [6, 6.07) is 1.54. The van der Waals surface area contributed by atoms with Crippen LogP contribution in [0.4, 0.5) is 0 Å². The van der Waals surface area contributed by atoms with Crippen LogP contribution in [0.1, 0.15) is 145 Å². The van der Waals surface area contributed by atoms with Crippen molar-refractivity contribution in [3.63, 3.8) is 0 Å². The molecule has 226 valence electrons. The van der Waals surface area contributed by atoms with Crippen LogP contribution in [0.2, 0.25) is 0 Å². The Morgan fingerprint density at radius 3 is 1.26 bits per heavy atom. The van der Waals surface area contributed by atoms with Crippen LogP contribution in [0.25, 0.3) is 0 Å². The van der Waals surface area contributed by atoms with E-state index in [1.165, 1.54) is 112 Å². The van der Waals surface area contributed by atoms with Crippen molar-refractivity contribution < 1.29 is 8.97 Å². The molecule has 0 heterocycles. The van der Waals surface area contributed by atoms with E-state index >= 15 is 0 Å². The maximum Gasteiger partial charge on any atom is 0.0857 e. The second-order valence-corrected chi connectivity index (χ2v) is 17.2. The third-order valence-electron chi connectivity index (χ3n) is 12.7. The van der Waals surface area contributed by atoms with Crippen LogP contribution in [-0.2, 0) is 0 Å². The topological polar surface area (TPSA) is 0 Å². The van der Waals surface area contributed by atoms with Crippen molar-refractivity contribution in [2.24, 2.45) is 34.5 Å². The molecule has 2 nitrogen and oxygen atoms in total. The smallest absolute Gasteiger partial charge is 0.0857 e. The van der Waals surface area contributed by atoms with Crippen molar-refractivity contribution in [3.8, 4) is 0 Å². The third-order valence-corrected chi connectivity index (χ3v) is 12.7. The minimum atomic E-state index is 0.545. The lowest BCUT2D eigenvalue weighted by Crippen LogP contribution is -2.49. The first kappa shape index (κ1) is 34.1. The second kappa shape index (κ2) is 14.2. The SMILES string of the molecule is CC1CCCC(C)(C)C1CCC(C)[N+](C)(C)CCCCCC[N+](C)(C)C(C)CCC1C(C)CCCC1(C)C. The Kier molecular flexibility index (Phi) is 12.8. The maximum absolute atomic E-state index is 2.54. The molecule has 0 bridgehead atoms. The molecule has 0 radical (unpaired) electrons. The number of rotatable bonds is 15. The summed E-state index contributed by atoms with van der Waals surface area (Å²) in [6.07, 6.45) is 19.9. The lowest BCUT2D eigenvalue weighted by molar-refractivity contribution is -0.914. The molecule has 0 aromatic carbocycles. The summed E-state index contributed by atoms with van der Waals surface area (Å²) >= 11 is 0. The summed E-state index contributed by atoms with van der Waals surface area (Å²) in [7, 11) is 9.99. The lowest BCUT2D eigenvalue weighted by atomic mass is 9.62. The van der Waals surface area contributed by atoms with E-state index in [2.05, 4.69) is 83.6 Å². The lowest BCUT2D eigenvalue weighted by Gasteiger charge is -2.44. The van der Waals surface area contributed by atoms with Gasteiger partial charge >= 0.3 is 0 Å². The molecule has 2 aliphatic carbocycles. The van der Waals surface area contributed by atoms with Gasteiger partial charge in [-0.3, -0.25) is 0 Å². The van der Waals surface area contributed by atoms with Crippen molar-refractivity contribution in [2.45, 2.75) is 157 Å². The van der Waals surface area contributed by atoms with Crippen LogP contribution in [-0.4, -0.2) is 62.3 Å². The van der Waals surface area contributed by atoms with E-state index in [0.717, 1.165) is 35.8 Å². The van der Waals surface area contributed by atoms with Gasteiger partial charge in [0.15, 0.2) is 0 Å². The summed E-state index contributed by atoms with van der Waals surface area (Å²) in [5, 5.41) is 0. The standard InChI is InChI=1S/C36H74N2/c1-29-19-17-25-35(5,6)33(29)23-21-31(3)37(9,10)27-15-13-14-16-28-38(11,12)32(4)22-24-34-30(2)20-18-26-36(34,7)8/h29-34H,13-28H2,1-12H3/q+2. The van der Waals surface area contributed by atoms with Crippen LogP contribution in [0.3, 0.4) is 0 Å². The average Bonchev–Trinajstić information content (AvgIpc) is 2.79. The van der Waals surface area contributed by atoms with Crippen LogP contribution < -0.4 is 0 Å². The van der Waals surface area contributed by atoms with Crippen molar-refractivity contribution in [1.29, 1.82) is 0 Å². The number of hydrogen-bond donors (Lipinski definition) is 0. The van der Waals surface area contributed by atoms with Gasteiger partial charge in [0.05, 0.1) is 53.4 Å². The van der Waals surface area contributed by atoms with Crippen molar-refractivity contribution >= 4 is 0 Å². The zero-order valence-corrected chi connectivity index (χ0v) is 28.7. The molecular weight excluding hydrogens is 460 g/mol. The minimum Gasteiger partial charge on any atom is -0.326 e. The van der Waals surface area contributed by atoms with Gasteiger partial charge in [-0.05, 0) is 113 Å². The molecule has 2 heteroatoms. The fourth-order valence-corrected chi connectivity index (χ4v) is 8.80. The largest absolute Gasteiger partial charge is 0.326 e. The van der Waals surface area contributed by atoms with E-state index in [1.807, 2.05) is 0 Å². The van der Waals surface area contributed by atoms with Gasteiger partial charge in [0.25, 0.3) is 0 Å². The Bertz CT molecular complexity index is 617. The molecule has 2 aliphatic rings. The molecule has 0 aromatic heterocycles. The van der Waals surface area contributed by atoms with Crippen LogP contribution in [0.5, 0.6) is 0 Å². The highest BCUT2D eigenvalue weighted by atomic mass is 15.3. The molecule has 0 aliphatic heterocycles. The van der Waals surface area contributed by atoms with E-state index < -0.39 is 0 Å². The Hall–Kier alpha value is -0.0800. The summed E-state index contributed by atoms with van der Waals surface area (Å²) in [6.45, 7) is 22.9. The molecule has 2 rings (SSSR count). The first-order chi connectivity index (χ1) is 17.5. The first-order valence-corrected chi connectivity index (χ1v) is 17.1. The van der Waals surface area contributed by atoms with Crippen molar-refractivity contribution in [2.75, 3.05) is 41.3 Å². The maximum atomic E-state index is 2.54. The zero-order chi connectivity index (χ0) is 28.8. The molecule has 0 amide bonds. The highest BCUT2D eigenvalue weighted by Gasteiger charge is 2.38. The molecular formula is C36H74N2+2. The fraction of sp³-hybridized carbons (Fsp3) is 1.00. The predicted octanol–water partition coefficient (Wildman–Crippen LogP) is 9.96. The second-order valence-electron chi connectivity index (χ2n) is 17.2. The summed E-state index contributed by atoms with van der Waals surface area (Å²) < 4.78 is 2.41. The Morgan fingerprint density at radius 1 is 0.605 bits per heavy atom. The van der Waals surface area contributed by atoms with Crippen LogP contribution in [0, 0.1) is 34.5 Å². The zero-order valence-electron chi connectivity index (χ0n) is 28.7. The normalized spacial score (nSPS) is 29.7. The van der Waals surface area contributed by atoms with Crippen molar-refractivity contribution in [1.82, 2.24) is 0 Å². The van der Waals surface area contributed by atoms with Gasteiger partial charge in [0.2, 0.25) is 0 Å². The summed E-state index contributed by atoms with van der Waals surface area (Å²) in [4.78, 5) is 0. The molecule has 2 saturated carbocycles. The molecule has 6 atom stereocenters. The van der Waals surface area contributed by atoms with Crippen LogP contribution in [0.15, 0.2) is 0 Å². The van der Waals surface area contributed by atoms with E-state index in [1.54, 1.807) is 0 Å².